The molecule has 7 nitrogen and oxygen atoms in total. The Kier molecular flexibility index (Phi) is 2.98. The summed E-state index contributed by atoms with van der Waals surface area (Å²) < 4.78 is 0. The maximum absolute atomic E-state index is 12.4. The van der Waals surface area contributed by atoms with Gasteiger partial charge in [-0.1, -0.05) is 0 Å². The minimum atomic E-state index is -0.668. The van der Waals surface area contributed by atoms with Gasteiger partial charge in [-0.15, -0.1) is 0 Å². The first kappa shape index (κ1) is 12.2. The Morgan fingerprint density at radius 3 is 2.79 bits per heavy atom. The maximum atomic E-state index is 12.4. The number of carbonyl (C=O) groups excluding carboxylic acids is 2. The number of piperidine rings is 1. The van der Waals surface area contributed by atoms with Gasteiger partial charge in [0.2, 0.25) is 0 Å². The fourth-order valence-corrected chi connectivity index (χ4v) is 2.73. The molecule has 0 atom stereocenters. The van der Waals surface area contributed by atoms with E-state index in [4.69, 9.17) is 0 Å². The van der Waals surface area contributed by atoms with Crippen LogP contribution in [-0.4, -0.2) is 52.2 Å². The molecule has 2 aliphatic heterocycles. The highest BCUT2D eigenvalue weighted by molar-refractivity contribution is 6.07. The number of amides is 3. The van der Waals surface area contributed by atoms with Crippen molar-refractivity contribution in [2.24, 2.45) is 0 Å². The smallest absolute Gasteiger partial charge is 0.323 e. The molecule has 102 valence electrons. The lowest BCUT2D eigenvalue weighted by molar-refractivity contribution is -0.132. The van der Waals surface area contributed by atoms with E-state index >= 15 is 0 Å². The largest absolute Gasteiger partial charge is 0.325 e. The van der Waals surface area contributed by atoms with Crippen LogP contribution in [0.1, 0.15) is 18.4 Å². The van der Waals surface area contributed by atoms with Crippen LogP contribution in [0.15, 0.2) is 12.4 Å². The monoisotopic (exact) mass is 263 g/mol. The summed E-state index contributed by atoms with van der Waals surface area (Å²) in [6, 6.07) is -0.268. The van der Waals surface area contributed by atoms with E-state index in [1.54, 1.807) is 12.4 Å². The zero-order chi connectivity index (χ0) is 13.3. The quantitative estimate of drug-likeness (QED) is 0.649. The number of urea groups is 1. The average molecular weight is 263 g/mol. The topological polar surface area (TPSA) is 90.1 Å². The van der Waals surface area contributed by atoms with Gasteiger partial charge in [-0.3, -0.25) is 14.8 Å². The molecule has 3 amide bonds. The van der Waals surface area contributed by atoms with Crippen molar-refractivity contribution in [3.63, 3.8) is 0 Å². The molecule has 2 aliphatic rings. The van der Waals surface area contributed by atoms with Crippen molar-refractivity contribution in [3.05, 3.63) is 18.0 Å². The fourth-order valence-electron chi connectivity index (χ4n) is 2.73. The average Bonchev–Trinajstić information content (AvgIpc) is 2.99. The van der Waals surface area contributed by atoms with Crippen molar-refractivity contribution in [3.8, 4) is 0 Å². The van der Waals surface area contributed by atoms with Gasteiger partial charge in [0.25, 0.3) is 5.91 Å². The summed E-state index contributed by atoms with van der Waals surface area (Å²) in [7, 11) is 0. The van der Waals surface area contributed by atoms with E-state index in [1.165, 1.54) is 4.90 Å². The summed E-state index contributed by atoms with van der Waals surface area (Å²) in [5, 5.41) is 12.7. The van der Waals surface area contributed by atoms with Gasteiger partial charge in [-0.25, -0.2) is 4.79 Å². The molecule has 2 saturated heterocycles. The number of rotatable bonds is 3. The van der Waals surface area contributed by atoms with Crippen molar-refractivity contribution in [2.45, 2.75) is 24.8 Å². The first-order chi connectivity index (χ1) is 9.21. The van der Waals surface area contributed by atoms with Gasteiger partial charge >= 0.3 is 6.03 Å². The molecular weight excluding hydrogens is 246 g/mol. The van der Waals surface area contributed by atoms with Gasteiger partial charge in [-0.2, -0.15) is 5.10 Å². The number of aromatic amines is 1. The third-order valence-corrected chi connectivity index (χ3v) is 3.88. The molecule has 1 aromatic heterocycles. The van der Waals surface area contributed by atoms with E-state index in [2.05, 4.69) is 20.8 Å². The lowest BCUT2D eigenvalue weighted by Crippen LogP contribution is -2.53. The maximum Gasteiger partial charge on any atom is 0.325 e. The van der Waals surface area contributed by atoms with Gasteiger partial charge in [-0.05, 0) is 37.9 Å². The molecule has 1 spiro atoms. The van der Waals surface area contributed by atoms with Crippen LogP contribution in [0.3, 0.4) is 0 Å². The van der Waals surface area contributed by atoms with Crippen molar-refractivity contribution in [1.29, 1.82) is 0 Å². The van der Waals surface area contributed by atoms with Crippen LogP contribution in [0.5, 0.6) is 0 Å². The zero-order valence-corrected chi connectivity index (χ0v) is 10.6. The lowest BCUT2D eigenvalue weighted by atomic mass is 9.88. The molecule has 0 unspecified atom stereocenters. The highest BCUT2D eigenvalue weighted by atomic mass is 16.2. The second-order valence-corrected chi connectivity index (χ2v) is 5.08. The Morgan fingerprint density at radius 2 is 2.11 bits per heavy atom. The van der Waals surface area contributed by atoms with Crippen molar-refractivity contribution >= 4 is 11.9 Å². The molecule has 3 N–H and O–H groups in total. The molecule has 0 radical (unpaired) electrons. The summed E-state index contributed by atoms with van der Waals surface area (Å²) in [6.07, 6.45) is 5.45. The predicted octanol–water partition coefficient (Wildman–Crippen LogP) is -0.374. The van der Waals surface area contributed by atoms with E-state index in [0.717, 1.165) is 18.7 Å². The van der Waals surface area contributed by atoms with Crippen LogP contribution in [-0.2, 0) is 11.2 Å². The van der Waals surface area contributed by atoms with Crippen LogP contribution in [0.4, 0.5) is 4.79 Å². The molecular formula is C12H17N5O2. The number of H-pyrrole nitrogens is 1. The minimum absolute atomic E-state index is 0.0810. The van der Waals surface area contributed by atoms with Gasteiger partial charge in [0.15, 0.2) is 0 Å². The van der Waals surface area contributed by atoms with Crippen LogP contribution in [0.2, 0.25) is 0 Å². The van der Waals surface area contributed by atoms with E-state index in [-0.39, 0.29) is 11.9 Å². The van der Waals surface area contributed by atoms with Crippen molar-refractivity contribution in [2.75, 3.05) is 19.6 Å². The van der Waals surface area contributed by atoms with Crippen LogP contribution >= 0.6 is 0 Å². The molecule has 0 aliphatic carbocycles. The van der Waals surface area contributed by atoms with E-state index in [1.807, 2.05) is 0 Å². The van der Waals surface area contributed by atoms with Crippen LogP contribution in [0.25, 0.3) is 0 Å². The molecule has 2 fully saturated rings. The molecule has 3 heterocycles. The minimum Gasteiger partial charge on any atom is -0.323 e. The Balaban J connectivity index is 1.68. The molecule has 0 aromatic carbocycles. The number of carbonyl (C=O) groups is 2. The van der Waals surface area contributed by atoms with Crippen LogP contribution in [0, 0.1) is 0 Å². The first-order valence-electron chi connectivity index (χ1n) is 6.54. The summed E-state index contributed by atoms with van der Waals surface area (Å²) in [4.78, 5) is 25.7. The Hall–Kier alpha value is -1.89. The summed E-state index contributed by atoms with van der Waals surface area (Å²) in [5.41, 5.74) is 0.325. The third kappa shape index (κ3) is 2.10. The van der Waals surface area contributed by atoms with Gasteiger partial charge in [0, 0.05) is 12.7 Å². The van der Waals surface area contributed by atoms with Gasteiger partial charge < -0.3 is 10.6 Å². The second kappa shape index (κ2) is 4.65. The summed E-state index contributed by atoms with van der Waals surface area (Å²) in [6.45, 7) is 1.93. The molecule has 7 heteroatoms. The highest BCUT2D eigenvalue weighted by Gasteiger charge is 2.50. The SMILES string of the molecule is O=C1NC2(CCNCC2)C(=O)N1CCc1cn[nH]c1. The number of hydrogen-bond acceptors (Lipinski definition) is 4. The Morgan fingerprint density at radius 1 is 1.32 bits per heavy atom. The molecule has 19 heavy (non-hydrogen) atoms. The number of nitrogens with zero attached hydrogens (tertiary/aromatic N) is 2. The highest BCUT2D eigenvalue weighted by Crippen LogP contribution is 2.26. The molecule has 1 aromatic rings. The standard InChI is InChI=1S/C12H17N5O2/c18-10-12(2-4-13-5-3-12)16-11(19)17(10)6-1-9-7-14-15-8-9/h7-8,13H,1-6H2,(H,14,15)(H,16,19). The molecule has 3 rings (SSSR count). The predicted molar refractivity (Wildman–Crippen MR) is 67.4 cm³/mol. The van der Waals surface area contributed by atoms with Crippen LogP contribution < -0.4 is 10.6 Å². The number of nitrogens with one attached hydrogen (secondary N) is 3. The lowest BCUT2D eigenvalue weighted by Gasteiger charge is -2.31. The van der Waals surface area contributed by atoms with Gasteiger partial charge in [0.1, 0.15) is 5.54 Å². The van der Waals surface area contributed by atoms with Crippen molar-refractivity contribution in [1.82, 2.24) is 25.7 Å². The Labute approximate surface area is 110 Å². The molecule has 0 bridgehead atoms. The first-order valence-corrected chi connectivity index (χ1v) is 6.54. The summed E-state index contributed by atoms with van der Waals surface area (Å²) in [5.74, 6) is -0.0810. The molecule has 0 saturated carbocycles. The van der Waals surface area contributed by atoms with E-state index in [0.29, 0.717) is 25.8 Å². The van der Waals surface area contributed by atoms with Gasteiger partial charge in [0.05, 0.1) is 6.20 Å². The third-order valence-electron chi connectivity index (χ3n) is 3.88. The van der Waals surface area contributed by atoms with Crippen molar-refractivity contribution < 1.29 is 9.59 Å². The van der Waals surface area contributed by atoms with E-state index in [9.17, 15) is 9.59 Å². The summed E-state index contributed by atoms with van der Waals surface area (Å²) >= 11 is 0. The second-order valence-electron chi connectivity index (χ2n) is 5.08. The number of hydrogen-bond donors (Lipinski definition) is 3. The Bertz CT molecular complexity index is 478. The normalized spacial score (nSPS) is 22.0. The number of imide groups is 1. The van der Waals surface area contributed by atoms with E-state index < -0.39 is 5.54 Å². The zero-order valence-electron chi connectivity index (χ0n) is 10.6. The fraction of sp³-hybridized carbons (Fsp3) is 0.583. The number of aromatic nitrogens is 2.